The molecular weight excluding hydrogens is 398 g/mol. The molecule has 2 aliphatic heterocycles. The lowest BCUT2D eigenvalue weighted by Crippen LogP contribution is -2.43. The molecular formula is C23H21N3O3S. The molecule has 2 aliphatic rings. The third kappa shape index (κ3) is 3.25. The maximum atomic E-state index is 13.0. The summed E-state index contributed by atoms with van der Waals surface area (Å²) in [6.45, 7) is 1.13. The molecule has 0 bridgehead atoms. The summed E-state index contributed by atoms with van der Waals surface area (Å²) < 4.78 is 28.8. The second-order valence-electron chi connectivity index (χ2n) is 7.69. The van der Waals surface area contributed by atoms with Crippen LogP contribution >= 0.6 is 0 Å². The predicted molar refractivity (Wildman–Crippen MR) is 117 cm³/mol. The smallest absolute Gasteiger partial charge is 0.285 e. The number of benzene rings is 3. The van der Waals surface area contributed by atoms with Crippen molar-refractivity contribution in [3.8, 4) is 0 Å². The first-order valence-corrected chi connectivity index (χ1v) is 11.4. The second-order valence-corrected chi connectivity index (χ2v) is 9.26. The first kappa shape index (κ1) is 18.8. The van der Waals surface area contributed by atoms with E-state index in [9.17, 15) is 13.2 Å². The number of nitrogens with zero attached hydrogens (tertiary/aromatic N) is 2. The number of amides is 1. The molecule has 0 radical (unpaired) electrons. The van der Waals surface area contributed by atoms with Crippen LogP contribution in [0.5, 0.6) is 0 Å². The van der Waals surface area contributed by atoms with Crippen molar-refractivity contribution >= 4 is 38.2 Å². The fourth-order valence-corrected chi connectivity index (χ4v) is 5.50. The molecule has 3 aromatic carbocycles. The van der Waals surface area contributed by atoms with E-state index in [1.165, 1.54) is 0 Å². The van der Waals surface area contributed by atoms with Crippen LogP contribution in [0.25, 0.3) is 10.8 Å². The molecule has 0 aromatic heterocycles. The topological polar surface area (TPSA) is 78.8 Å². The summed E-state index contributed by atoms with van der Waals surface area (Å²) in [7, 11) is -3.67. The van der Waals surface area contributed by atoms with Crippen LogP contribution in [0.3, 0.4) is 0 Å². The number of anilines is 1. The average Bonchev–Trinajstić information content (AvgIpc) is 3.05. The highest BCUT2D eigenvalue weighted by molar-refractivity contribution is 7.90. The highest BCUT2D eigenvalue weighted by Crippen LogP contribution is 2.30. The summed E-state index contributed by atoms with van der Waals surface area (Å²) in [5, 5.41) is 5.15. The molecule has 1 atom stereocenters. The number of nitrogens with one attached hydrogen (secondary N) is 1. The molecule has 1 unspecified atom stereocenters. The summed E-state index contributed by atoms with van der Waals surface area (Å²) in [5.41, 5.74) is 1.41. The minimum atomic E-state index is -3.67. The summed E-state index contributed by atoms with van der Waals surface area (Å²) in [5.74, 6) is 0.162. The first-order chi connectivity index (χ1) is 14.5. The molecule has 0 saturated carbocycles. The van der Waals surface area contributed by atoms with Crippen LogP contribution in [0.4, 0.5) is 5.69 Å². The van der Waals surface area contributed by atoms with Crippen molar-refractivity contribution in [1.82, 2.24) is 4.90 Å². The zero-order chi connectivity index (χ0) is 20.7. The minimum absolute atomic E-state index is 0.0502. The molecule has 1 N–H and O–H groups in total. The summed E-state index contributed by atoms with van der Waals surface area (Å²) in [6.07, 6.45) is 1.56. The summed E-state index contributed by atoms with van der Waals surface area (Å²) in [6, 6.07) is 20.7. The SMILES string of the molecule is O=C(Nc1cccc2ccccc12)C1CCCN(C2=NS(=O)(=O)c3ccccc32)C1. The monoisotopic (exact) mass is 419 g/mol. The van der Waals surface area contributed by atoms with Crippen LogP contribution in [-0.2, 0) is 14.8 Å². The number of fused-ring (bicyclic) bond motifs is 2. The number of carbonyl (C=O) groups is 1. The third-order valence-electron chi connectivity index (χ3n) is 5.75. The van der Waals surface area contributed by atoms with Crippen LogP contribution in [0, 0.1) is 5.92 Å². The van der Waals surface area contributed by atoms with Gasteiger partial charge in [-0.1, -0.05) is 48.5 Å². The van der Waals surface area contributed by atoms with Gasteiger partial charge in [-0.05, 0) is 36.4 Å². The van der Waals surface area contributed by atoms with E-state index in [0.29, 0.717) is 24.5 Å². The molecule has 1 amide bonds. The Hall–Kier alpha value is -3.19. The Morgan fingerprint density at radius 2 is 1.77 bits per heavy atom. The van der Waals surface area contributed by atoms with Crippen molar-refractivity contribution in [3.63, 3.8) is 0 Å². The van der Waals surface area contributed by atoms with Gasteiger partial charge >= 0.3 is 0 Å². The van der Waals surface area contributed by atoms with E-state index in [-0.39, 0.29) is 16.7 Å². The number of amidine groups is 1. The van der Waals surface area contributed by atoms with Gasteiger partial charge in [0.1, 0.15) is 4.90 Å². The van der Waals surface area contributed by atoms with Crippen LogP contribution in [-0.4, -0.2) is 38.2 Å². The minimum Gasteiger partial charge on any atom is -0.355 e. The Morgan fingerprint density at radius 1 is 1.00 bits per heavy atom. The molecule has 2 heterocycles. The fourth-order valence-electron chi connectivity index (χ4n) is 4.27. The van der Waals surface area contributed by atoms with Gasteiger partial charge in [-0.2, -0.15) is 8.42 Å². The average molecular weight is 420 g/mol. The van der Waals surface area contributed by atoms with Gasteiger partial charge in [0.2, 0.25) is 5.91 Å². The van der Waals surface area contributed by atoms with Crippen LogP contribution < -0.4 is 5.32 Å². The van der Waals surface area contributed by atoms with Crippen LogP contribution in [0.1, 0.15) is 18.4 Å². The van der Waals surface area contributed by atoms with Gasteiger partial charge < -0.3 is 10.2 Å². The Labute approximate surface area is 175 Å². The number of hydrogen-bond acceptors (Lipinski definition) is 4. The molecule has 0 aliphatic carbocycles. The molecule has 152 valence electrons. The standard InChI is InChI=1S/C23H21N3O3S/c27-23(24-20-12-5-8-16-7-1-2-10-18(16)20)17-9-6-14-26(15-17)22-19-11-3-4-13-21(19)30(28,29)25-22/h1-5,7-8,10-13,17H,6,9,14-15H2,(H,24,27). The summed E-state index contributed by atoms with van der Waals surface area (Å²) in [4.78, 5) is 15.2. The number of likely N-dealkylation sites (tertiary alicyclic amines) is 1. The van der Waals surface area contributed by atoms with E-state index in [2.05, 4.69) is 9.71 Å². The molecule has 1 saturated heterocycles. The van der Waals surface area contributed by atoms with E-state index in [1.807, 2.05) is 53.4 Å². The molecule has 30 heavy (non-hydrogen) atoms. The van der Waals surface area contributed by atoms with Crippen molar-refractivity contribution in [2.75, 3.05) is 18.4 Å². The normalized spacial score (nSPS) is 19.9. The maximum absolute atomic E-state index is 13.0. The molecule has 7 heteroatoms. The van der Waals surface area contributed by atoms with Crippen molar-refractivity contribution in [2.45, 2.75) is 17.7 Å². The molecule has 3 aromatic rings. The lowest BCUT2D eigenvalue weighted by atomic mass is 9.96. The van der Waals surface area contributed by atoms with Gasteiger partial charge in [-0.15, -0.1) is 4.40 Å². The Morgan fingerprint density at radius 3 is 2.67 bits per heavy atom. The lowest BCUT2D eigenvalue weighted by Gasteiger charge is -2.33. The number of piperidine rings is 1. The molecule has 0 spiro atoms. The maximum Gasteiger partial charge on any atom is 0.285 e. The van der Waals surface area contributed by atoms with E-state index in [4.69, 9.17) is 0 Å². The molecule has 6 nitrogen and oxygen atoms in total. The number of sulfonamides is 1. The Kier molecular flexibility index (Phi) is 4.55. The molecule has 5 rings (SSSR count). The zero-order valence-electron chi connectivity index (χ0n) is 16.3. The lowest BCUT2D eigenvalue weighted by molar-refractivity contribution is -0.121. The van der Waals surface area contributed by atoms with E-state index >= 15 is 0 Å². The summed E-state index contributed by atoms with van der Waals surface area (Å²) >= 11 is 0. The van der Waals surface area contributed by atoms with Crippen molar-refractivity contribution in [2.24, 2.45) is 10.3 Å². The van der Waals surface area contributed by atoms with Gasteiger partial charge in [0.05, 0.1) is 5.92 Å². The predicted octanol–water partition coefficient (Wildman–Crippen LogP) is 3.64. The Balaban J connectivity index is 1.38. The van der Waals surface area contributed by atoms with Gasteiger partial charge in [0, 0.05) is 29.7 Å². The van der Waals surface area contributed by atoms with Gasteiger partial charge in [-0.3, -0.25) is 4.79 Å². The van der Waals surface area contributed by atoms with E-state index in [0.717, 1.165) is 29.3 Å². The third-order valence-corrected chi connectivity index (χ3v) is 7.08. The fraction of sp³-hybridized carbons (Fsp3) is 0.217. The molecule has 1 fully saturated rings. The zero-order valence-corrected chi connectivity index (χ0v) is 17.1. The van der Waals surface area contributed by atoms with Gasteiger partial charge in [0.25, 0.3) is 10.0 Å². The van der Waals surface area contributed by atoms with Gasteiger partial charge in [0.15, 0.2) is 5.84 Å². The highest BCUT2D eigenvalue weighted by atomic mass is 32.2. The second kappa shape index (κ2) is 7.25. The number of rotatable bonds is 2. The van der Waals surface area contributed by atoms with Crippen LogP contribution in [0.15, 0.2) is 76.0 Å². The Bertz CT molecular complexity index is 1280. The van der Waals surface area contributed by atoms with Crippen molar-refractivity contribution < 1.29 is 13.2 Å². The van der Waals surface area contributed by atoms with E-state index < -0.39 is 10.0 Å². The van der Waals surface area contributed by atoms with E-state index in [1.54, 1.807) is 18.2 Å². The van der Waals surface area contributed by atoms with Gasteiger partial charge in [-0.25, -0.2) is 0 Å². The van der Waals surface area contributed by atoms with Crippen molar-refractivity contribution in [3.05, 3.63) is 72.3 Å². The number of hydrogen-bond donors (Lipinski definition) is 1. The van der Waals surface area contributed by atoms with Crippen molar-refractivity contribution in [1.29, 1.82) is 0 Å². The number of carbonyl (C=O) groups excluding carboxylic acids is 1. The first-order valence-electron chi connectivity index (χ1n) is 10.0. The van der Waals surface area contributed by atoms with Crippen LogP contribution in [0.2, 0.25) is 0 Å². The largest absolute Gasteiger partial charge is 0.355 e. The quantitative estimate of drug-likeness (QED) is 0.688. The highest BCUT2D eigenvalue weighted by Gasteiger charge is 2.35.